The fourth-order valence-corrected chi connectivity index (χ4v) is 3.18. The summed E-state index contributed by atoms with van der Waals surface area (Å²) < 4.78 is 4.96. The van der Waals surface area contributed by atoms with E-state index in [2.05, 4.69) is 41.8 Å². The van der Waals surface area contributed by atoms with Crippen molar-refractivity contribution >= 4 is 11.8 Å². The molecule has 2 aliphatic rings. The summed E-state index contributed by atoms with van der Waals surface area (Å²) in [6, 6.07) is 6.53. The molecule has 1 aromatic carbocycles. The molecule has 0 N–H and O–H groups in total. The monoisotopic (exact) mass is 303 g/mol. The zero-order valence-electron chi connectivity index (χ0n) is 13.5. The van der Waals surface area contributed by atoms with Gasteiger partial charge in [0.25, 0.3) is 0 Å². The number of anilines is 1. The highest BCUT2D eigenvalue weighted by Crippen LogP contribution is 2.23. The van der Waals surface area contributed by atoms with Gasteiger partial charge in [-0.2, -0.15) is 0 Å². The molecule has 5 nitrogen and oxygen atoms in total. The zero-order chi connectivity index (χ0) is 15.5. The van der Waals surface area contributed by atoms with E-state index < -0.39 is 0 Å². The lowest BCUT2D eigenvalue weighted by atomic mass is 10.1. The van der Waals surface area contributed by atoms with Crippen LogP contribution in [0.25, 0.3) is 0 Å². The van der Waals surface area contributed by atoms with E-state index in [9.17, 15) is 4.79 Å². The van der Waals surface area contributed by atoms with Crippen molar-refractivity contribution in [2.24, 2.45) is 0 Å². The van der Waals surface area contributed by atoms with E-state index in [0.717, 1.165) is 45.8 Å². The molecule has 0 saturated carbocycles. The lowest BCUT2D eigenvalue weighted by molar-refractivity contribution is 0.152. The molecule has 2 fully saturated rings. The van der Waals surface area contributed by atoms with Gasteiger partial charge in [-0.15, -0.1) is 0 Å². The number of amides is 1. The molecule has 120 valence electrons. The average Bonchev–Trinajstić information content (AvgIpc) is 2.94. The number of carbonyl (C=O) groups is 1. The first-order chi connectivity index (χ1) is 10.6. The smallest absolute Gasteiger partial charge is 0.409 e. The number of piperazine rings is 1. The van der Waals surface area contributed by atoms with Crippen LogP contribution in [0.15, 0.2) is 18.2 Å². The molecule has 0 aliphatic carbocycles. The minimum absolute atomic E-state index is 0.158. The molecule has 22 heavy (non-hydrogen) atoms. The second kappa shape index (κ2) is 6.57. The normalized spacial score (nSPS) is 19.6. The largest absolute Gasteiger partial charge is 0.448 e. The molecule has 0 atom stereocenters. The van der Waals surface area contributed by atoms with Crippen molar-refractivity contribution in [3.63, 3.8) is 0 Å². The second-order valence-corrected chi connectivity index (χ2v) is 6.15. The summed E-state index contributed by atoms with van der Waals surface area (Å²) in [5, 5.41) is 0. The predicted molar refractivity (Wildman–Crippen MR) is 87.5 cm³/mol. The number of ether oxygens (including phenoxy) is 1. The van der Waals surface area contributed by atoms with Gasteiger partial charge in [0.2, 0.25) is 0 Å². The van der Waals surface area contributed by atoms with Gasteiger partial charge in [0, 0.05) is 45.0 Å². The molecule has 0 unspecified atom stereocenters. The van der Waals surface area contributed by atoms with Crippen molar-refractivity contribution < 1.29 is 9.53 Å². The van der Waals surface area contributed by atoms with Gasteiger partial charge in [0.05, 0.1) is 6.54 Å². The first kappa shape index (κ1) is 15.2. The van der Waals surface area contributed by atoms with Crippen molar-refractivity contribution in [2.75, 3.05) is 57.3 Å². The van der Waals surface area contributed by atoms with Crippen LogP contribution in [0.4, 0.5) is 10.5 Å². The first-order valence-corrected chi connectivity index (χ1v) is 8.10. The Labute approximate surface area is 132 Å². The maximum absolute atomic E-state index is 11.4. The van der Waals surface area contributed by atoms with Crippen LogP contribution < -0.4 is 4.90 Å². The molecule has 0 bridgehead atoms. The number of nitrogens with zero attached hydrogens (tertiary/aromatic N) is 3. The Hall–Kier alpha value is -1.75. The van der Waals surface area contributed by atoms with Crippen LogP contribution in [-0.2, 0) is 4.74 Å². The zero-order valence-corrected chi connectivity index (χ0v) is 13.5. The van der Waals surface area contributed by atoms with Gasteiger partial charge in [-0.1, -0.05) is 12.1 Å². The lowest BCUT2D eigenvalue weighted by Gasteiger charge is -2.37. The molecule has 2 heterocycles. The second-order valence-electron chi connectivity index (χ2n) is 6.15. The molecule has 5 heteroatoms. The van der Waals surface area contributed by atoms with Crippen molar-refractivity contribution in [1.29, 1.82) is 0 Å². The topological polar surface area (TPSA) is 36.0 Å². The standard InChI is InChI=1S/C17H25N3O2/c1-14-4-3-5-16(15(14)2)19-9-6-18(7-10-19)8-11-20-12-13-22-17(20)21/h3-5H,6-13H2,1-2H3. The van der Waals surface area contributed by atoms with E-state index in [1.807, 2.05) is 0 Å². The van der Waals surface area contributed by atoms with Crippen LogP contribution in [0.5, 0.6) is 0 Å². The molecule has 0 radical (unpaired) electrons. The van der Waals surface area contributed by atoms with Gasteiger partial charge >= 0.3 is 6.09 Å². The quantitative estimate of drug-likeness (QED) is 0.851. The Morgan fingerprint density at radius 3 is 2.50 bits per heavy atom. The highest BCUT2D eigenvalue weighted by molar-refractivity contribution is 5.69. The average molecular weight is 303 g/mol. The van der Waals surface area contributed by atoms with Crippen molar-refractivity contribution in [3.05, 3.63) is 29.3 Å². The van der Waals surface area contributed by atoms with Crippen molar-refractivity contribution in [3.8, 4) is 0 Å². The van der Waals surface area contributed by atoms with Crippen molar-refractivity contribution in [2.45, 2.75) is 13.8 Å². The fourth-order valence-electron chi connectivity index (χ4n) is 3.18. The van der Waals surface area contributed by atoms with Gasteiger partial charge in [-0.3, -0.25) is 4.90 Å². The fraction of sp³-hybridized carbons (Fsp3) is 0.588. The van der Waals surface area contributed by atoms with E-state index in [1.54, 1.807) is 4.90 Å². The third-order valence-corrected chi connectivity index (χ3v) is 4.82. The molecule has 2 saturated heterocycles. The number of benzene rings is 1. The summed E-state index contributed by atoms with van der Waals surface area (Å²) in [6.07, 6.45) is -0.158. The maximum Gasteiger partial charge on any atom is 0.409 e. The molecule has 1 amide bonds. The maximum atomic E-state index is 11.4. The van der Waals surface area contributed by atoms with E-state index in [4.69, 9.17) is 4.74 Å². The number of carbonyl (C=O) groups excluding carboxylic acids is 1. The van der Waals surface area contributed by atoms with Crippen LogP contribution in [0.2, 0.25) is 0 Å². The first-order valence-electron chi connectivity index (χ1n) is 8.10. The molecule has 0 aromatic heterocycles. The number of rotatable bonds is 4. The van der Waals surface area contributed by atoms with Crippen LogP contribution in [-0.4, -0.2) is 68.3 Å². The Bertz CT molecular complexity index is 539. The third kappa shape index (κ3) is 3.19. The minimum Gasteiger partial charge on any atom is -0.448 e. The van der Waals surface area contributed by atoms with E-state index >= 15 is 0 Å². The Morgan fingerprint density at radius 1 is 1.05 bits per heavy atom. The van der Waals surface area contributed by atoms with Gasteiger partial charge in [0.15, 0.2) is 0 Å². The van der Waals surface area contributed by atoms with Gasteiger partial charge in [0.1, 0.15) is 6.61 Å². The number of cyclic esters (lactones) is 1. The molecule has 1 aromatic rings. The summed E-state index contributed by atoms with van der Waals surface area (Å²) in [6.45, 7) is 11.6. The highest BCUT2D eigenvalue weighted by atomic mass is 16.6. The Balaban J connectivity index is 1.50. The van der Waals surface area contributed by atoms with Crippen LogP contribution in [0.3, 0.4) is 0 Å². The van der Waals surface area contributed by atoms with E-state index in [1.165, 1.54) is 16.8 Å². The highest BCUT2D eigenvalue weighted by Gasteiger charge is 2.24. The van der Waals surface area contributed by atoms with E-state index in [-0.39, 0.29) is 6.09 Å². The summed E-state index contributed by atoms with van der Waals surface area (Å²) in [5.41, 5.74) is 4.10. The van der Waals surface area contributed by atoms with Gasteiger partial charge < -0.3 is 14.5 Å². The summed E-state index contributed by atoms with van der Waals surface area (Å²) in [5.74, 6) is 0. The summed E-state index contributed by atoms with van der Waals surface area (Å²) in [4.78, 5) is 18.1. The molecule has 3 rings (SSSR count). The lowest BCUT2D eigenvalue weighted by Crippen LogP contribution is -2.48. The minimum atomic E-state index is -0.158. The number of hydrogen-bond donors (Lipinski definition) is 0. The molecule has 0 spiro atoms. The third-order valence-electron chi connectivity index (χ3n) is 4.82. The Morgan fingerprint density at radius 2 is 1.82 bits per heavy atom. The summed E-state index contributed by atoms with van der Waals surface area (Å²) in [7, 11) is 0. The van der Waals surface area contributed by atoms with Crippen molar-refractivity contribution in [1.82, 2.24) is 9.80 Å². The van der Waals surface area contributed by atoms with Crippen LogP contribution in [0.1, 0.15) is 11.1 Å². The SMILES string of the molecule is Cc1cccc(N2CCN(CCN3CCOC3=O)CC2)c1C. The van der Waals surface area contributed by atoms with Crippen LogP contribution in [0, 0.1) is 13.8 Å². The van der Waals surface area contributed by atoms with Crippen LogP contribution >= 0.6 is 0 Å². The van der Waals surface area contributed by atoms with E-state index in [0.29, 0.717) is 6.61 Å². The summed E-state index contributed by atoms with van der Waals surface area (Å²) >= 11 is 0. The molecular formula is C17H25N3O2. The van der Waals surface area contributed by atoms with Gasteiger partial charge in [-0.05, 0) is 31.0 Å². The molecule has 2 aliphatic heterocycles. The number of hydrogen-bond acceptors (Lipinski definition) is 4. The van der Waals surface area contributed by atoms with Gasteiger partial charge in [-0.25, -0.2) is 4.79 Å². The predicted octanol–water partition coefficient (Wildman–Crippen LogP) is 1.88. The number of aryl methyl sites for hydroxylation is 1. The molecular weight excluding hydrogens is 278 g/mol. The Kier molecular flexibility index (Phi) is 4.52.